The maximum absolute atomic E-state index is 11.9. The van der Waals surface area contributed by atoms with E-state index in [4.69, 9.17) is 4.42 Å². The molecular formula is C12H18N2O2S. The zero-order chi connectivity index (χ0) is 12.1. The van der Waals surface area contributed by atoms with Crippen LogP contribution >= 0.6 is 11.8 Å². The monoisotopic (exact) mass is 254 g/mol. The van der Waals surface area contributed by atoms with Crippen LogP contribution in [-0.2, 0) is 6.42 Å². The van der Waals surface area contributed by atoms with Crippen LogP contribution in [0.15, 0.2) is 22.8 Å². The molecule has 0 saturated carbocycles. The van der Waals surface area contributed by atoms with Gasteiger partial charge >= 0.3 is 6.03 Å². The fourth-order valence-corrected chi connectivity index (χ4v) is 2.75. The van der Waals surface area contributed by atoms with Crippen LogP contribution in [0.3, 0.4) is 0 Å². The van der Waals surface area contributed by atoms with Crippen molar-refractivity contribution in [1.82, 2.24) is 10.2 Å². The number of hydrogen-bond acceptors (Lipinski definition) is 3. The highest BCUT2D eigenvalue weighted by molar-refractivity contribution is 7.99. The Hall–Kier alpha value is -1.10. The van der Waals surface area contributed by atoms with Gasteiger partial charge in [0.2, 0.25) is 0 Å². The van der Waals surface area contributed by atoms with Crippen molar-refractivity contribution < 1.29 is 9.21 Å². The zero-order valence-corrected chi connectivity index (χ0v) is 10.8. The van der Waals surface area contributed by atoms with Crippen molar-refractivity contribution in [3.8, 4) is 0 Å². The number of carbonyl (C=O) groups is 1. The lowest BCUT2D eigenvalue weighted by molar-refractivity contribution is 0.199. The third kappa shape index (κ3) is 3.70. The highest BCUT2D eigenvalue weighted by Gasteiger charge is 2.18. The SMILES string of the molecule is C[C@H](Cc1ccco1)NC(=O)N1CCSCC1. The molecule has 0 bridgehead atoms. The summed E-state index contributed by atoms with van der Waals surface area (Å²) in [6.07, 6.45) is 2.40. The molecule has 2 rings (SSSR count). The normalized spacial score (nSPS) is 17.8. The number of nitrogens with one attached hydrogen (secondary N) is 1. The second-order valence-electron chi connectivity index (χ2n) is 4.23. The van der Waals surface area contributed by atoms with E-state index in [2.05, 4.69) is 5.32 Å². The van der Waals surface area contributed by atoms with Crippen LogP contribution < -0.4 is 5.32 Å². The van der Waals surface area contributed by atoms with Crippen LogP contribution in [0.4, 0.5) is 4.79 Å². The minimum absolute atomic E-state index is 0.0457. The van der Waals surface area contributed by atoms with Crippen LogP contribution in [0.1, 0.15) is 12.7 Å². The molecule has 4 nitrogen and oxygen atoms in total. The van der Waals surface area contributed by atoms with E-state index in [0.717, 1.165) is 36.8 Å². The third-order valence-corrected chi connectivity index (χ3v) is 3.70. The first-order chi connectivity index (χ1) is 8.25. The zero-order valence-electron chi connectivity index (χ0n) is 10.0. The van der Waals surface area contributed by atoms with Gasteiger partial charge < -0.3 is 14.6 Å². The summed E-state index contributed by atoms with van der Waals surface area (Å²) in [5.41, 5.74) is 0. The smallest absolute Gasteiger partial charge is 0.317 e. The summed E-state index contributed by atoms with van der Waals surface area (Å²) in [6.45, 7) is 3.70. The van der Waals surface area contributed by atoms with Crippen molar-refractivity contribution in [3.63, 3.8) is 0 Å². The Morgan fingerprint density at radius 3 is 3.00 bits per heavy atom. The van der Waals surface area contributed by atoms with E-state index in [9.17, 15) is 4.79 Å². The van der Waals surface area contributed by atoms with E-state index in [1.54, 1.807) is 6.26 Å². The van der Waals surface area contributed by atoms with Gasteiger partial charge in [0, 0.05) is 37.1 Å². The lowest BCUT2D eigenvalue weighted by Gasteiger charge is -2.28. The molecule has 2 amide bonds. The van der Waals surface area contributed by atoms with Crippen LogP contribution in [0.2, 0.25) is 0 Å². The minimum Gasteiger partial charge on any atom is -0.469 e. The molecule has 0 unspecified atom stereocenters. The maximum atomic E-state index is 11.9. The molecule has 1 N–H and O–H groups in total. The number of hydrogen-bond donors (Lipinski definition) is 1. The Balaban J connectivity index is 1.77. The molecule has 17 heavy (non-hydrogen) atoms. The fourth-order valence-electron chi connectivity index (χ4n) is 1.85. The fraction of sp³-hybridized carbons (Fsp3) is 0.583. The van der Waals surface area contributed by atoms with Crippen molar-refractivity contribution in [2.75, 3.05) is 24.6 Å². The van der Waals surface area contributed by atoms with Gasteiger partial charge in [0.1, 0.15) is 5.76 Å². The van der Waals surface area contributed by atoms with Gasteiger partial charge in [0.25, 0.3) is 0 Å². The molecule has 2 heterocycles. The topological polar surface area (TPSA) is 45.5 Å². The molecule has 5 heteroatoms. The average Bonchev–Trinajstić information content (AvgIpc) is 2.82. The minimum atomic E-state index is 0.0457. The highest BCUT2D eigenvalue weighted by Crippen LogP contribution is 2.10. The molecular weight excluding hydrogens is 236 g/mol. The van der Waals surface area contributed by atoms with Crippen molar-refractivity contribution in [2.24, 2.45) is 0 Å². The van der Waals surface area contributed by atoms with Gasteiger partial charge in [-0.1, -0.05) is 0 Å². The Morgan fingerprint density at radius 1 is 1.59 bits per heavy atom. The Labute approximate surface area is 106 Å². The molecule has 1 saturated heterocycles. The molecule has 0 aliphatic carbocycles. The van der Waals surface area contributed by atoms with Gasteiger partial charge in [-0.25, -0.2) is 4.79 Å². The standard InChI is InChI=1S/C12H18N2O2S/c1-10(9-11-3-2-6-16-11)13-12(15)14-4-7-17-8-5-14/h2-3,6,10H,4-5,7-9H2,1H3,(H,13,15)/t10-/m1/s1. The van der Waals surface area contributed by atoms with Crippen molar-refractivity contribution in [3.05, 3.63) is 24.2 Å². The largest absolute Gasteiger partial charge is 0.469 e. The molecule has 1 fully saturated rings. The van der Waals surface area contributed by atoms with E-state index >= 15 is 0 Å². The Bertz CT molecular complexity index is 347. The van der Waals surface area contributed by atoms with Crippen molar-refractivity contribution in [1.29, 1.82) is 0 Å². The highest BCUT2D eigenvalue weighted by atomic mass is 32.2. The molecule has 0 aromatic carbocycles. The van der Waals surface area contributed by atoms with Gasteiger partial charge in [-0.05, 0) is 19.1 Å². The Morgan fingerprint density at radius 2 is 2.35 bits per heavy atom. The van der Waals surface area contributed by atoms with E-state index in [0.29, 0.717) is 0 Å². The van der Waals surface area contributed by atoms with Gasteiger partial charge in [-0.15, -0.1) is 0 Å². The van der Waals surface area contributed by atoms with E-state index in [1.807, 2.05) is 35.7 Å². The molecule has 1 aromatic heterocycles. The van der Waals surface area contributed by atoms with Crippen LogP contribution in [-0.4, -0.2) is 41.6 Å². The molecule has 0 spiro atoms. The first-order valence-corrected chi connectivity index (χ1v) is 7.07. The van der Waals surface area contributed by atoms with Gasteiger partial charge in [-0.2, -0.15) is 11.8 Å². The van der Waals surface area contributed by atoms with Crippen LogP contribution in [0.5, 0.6) is 0 Å². The van der Waals surface area contributed by atoms with Crippen molar-refractivity contribution in [2.45, 2.75) is 19.4 Å². The molecule has 1 aliphatic rings. The van der Waals surface area contributed by atoms with Gasteiger partial charge in [-0.3, -0.25) is 0 Å². The second kappa shape index (κ2) is 6.00. The van der Waals surface area contributed by atoms with E-state index in [-0.39, 0.29) is 12.1 Å². The van der Waals surface area contributed by atoms with Crippen molar-refractivity contribution >= 4 is 17.8 Å². The summed E-state index contributed by atoms with van der Waals surface area (Å²) < 4.78 is 5.26. The number of amides is 2. The number of nitrogens with zero attached hydrogens (tertiary/aromatic N) is 1. The number of urea groups is 1. The van der Waals surface area contributed by atoms with Gasteiger partial charge in [0.15, 0.2) is 0 Å². The molecule has 1 aromatic rings. The maximum Gasteiger partial charge on any atom is 0.317 e. The number of furan rings is 1. The first kappa shape index (κ1) is 12.4. The predicted octanol–water partition coefficient (Wildman–Crippen LogP) is 1.97. The first-order valence-electron chi connectivity index (χ1n) is 5.91. The predicted molar refractivity (Wildman–Crippen MR) is 69.3 cm³/mol. The summed E-state index contributed by atoms with van der Waals surface area (Å²) in [5, 5.41) is 3.01. The van der Waals surface area contributed by atoms with E-state index in [1.165, 1.54) is 0 Å². The summed E-state index contributed by atoms with van der Waals surface area (Å²) in [4.78, 5) is 13.8. The Kier molecular flexibility index (Phi) is 4.36. The van der Waals surface area contributed by atoms with Crippen LogP contribution in [0, 0.1) is 0 Å². The third-order valence-electron chi connectivity index (χ3n) is 2.76. The van der Waals surface area contributed by atoms with E-state index < -0.39 is 0 Å². The average molecular weight is 254 g/mol. The lowest BCUT2D eigenvalue weighted by atomic mass is 10.2. The molecule has 1 atom stereocenters. The summed E-state index contributed by atoms with van der Waals surface area (Å²) in [6, 6.07) is 3.94. The number of rotatable bonds is 3. The van der Waals surface area contributed by atoms with Gasteiger partial charge in [0.05, 0.1) is 6.26 Å². The second-order valence-corrected chi connectivity index (χ2v) is 5.46. The molecule has 1 aliphatic heterocycles. The lowest BCUT2D eigenvalue weighted by Crippen LogP contribution is -2.47. The summed E-state index contributed by atoms with van der Waals surface area (Å²) >= 11 is 1.90. The number of carbonyl (C=O) groups excluding carboxylic acids is 1. The van der Waals surface area contributed by atoms with Crippen LogP contribution in [0.25, 0.3) is 0 Å². The summed E-state index contributed by atoms with van der Waals surface area (Å²) in [7, 11) is 0. The quantitative estimate of drug-likeness (QED) is 0.897. The molecule has 0 radical (unpaired) electrons. The molecule has 94 valence electrons. The number of thioether (sulfide) groups is 1. The summed E-state index contributed by atoms with van der Waals surface area (Å²) in [5.74, 6) is 2.99.